The molecular formula is C15H15Cl2N3O. The van der Waals surface area contributed by atoms with Crippen molar-refractivity contribution < 1.29 is 5.11 Å². The molecule has 1 aromatic heterocycles. The number of anilines is 3. The molecule has 2 aromatic carbocycles. The minimum absolute atomic E-state index is 0. The van der Waals surface area contributed by atoms with Crippen molar-refractivity contribution in [3.63, 3.8) is 0 Å². The van der Waals surface area contributed by atoms with Gasteiger partial charge in [-0.25, -0.2) is 4.98 Å². The number of pyridine rings is 1. The van der Waals surface area contributed by atoms with Gasteiger partial charge in [0, 0.05) is 16.8 Å². The summed E-state index contributed by atoms with van der Waals surface area (Å²) in [6.07, 6.45) is 0. The molecule has 0 saturated carbocycles. The van der Waals surface area contributed by atoms with Crippen molar-refractivity contribution in [2.75, 3.05) is 11.1 Å². The van der Waals surface area contributed by atoms with Crippen molar-refractivity contribution in [2.45, 2.75) is 0 Å². The van der Waals surface area contributed by atoms with E-state index in [9.17, 15) is 5.11 Å². The van der Waals surface area contributed by atoms with Gasteiger partial charge in [0.2, 0.25) is 0 Å². The van der Waals surface area contributed by atoms with Crippen molar-refractivity contribution in [3.05, 3.63) is 54.6 Å². The Labute approximate surface area is 134 Å². The predicted molar refractivity (Wildman–Crippen MR) is 92.0 cm³/mol. The van der Waals surface area contributed by atoms with Gasteiger partial charge in [0.05, 0.1) is 0 Å². The lowest BCUT2D eigenvalue weighted by Crippen LogP contribution is -1.94. The highest BCUT2D eigenvalue weighted by atomic mass is 35.5. The fourth-order valence-corrected chi connectivity index (χ4v) is 1.92. The van der Waals surface area contributed by atoms with E-state index in [1.165, 1.54) is 0 Å². The molecule has 0 unspecified atom stereocenters. The molecule has 0 spiro atoms. The number of fused-ring (bicyclic) bond motifs is 1. The first-order chi connectivity index (χ1) is 9.22. The third-order valence-corrected chi connectivity index (χ3v) is 2.88. The van der Waals surface area contributed by atoms with E-state index in [0.717, 1.165) is 16.8 Å². The Morgan fingerprint density at radius 2 is 1.62 bits per heavy atom. The largest absolute Gasteiger partial charge is 0.506 e. The van der Waals surface area contributed by atoms with Crippen molar-refractivity contribution in [3.8, 4) is 5.75 Å². The number of nitrogens with two attached hydrogens (primary N) is 1. The van der Waals surface area contributed by atoms with Crippen LogP contribution in [-0.4, -0.2) is 10.1 Å². The first kappa shape index (κ1) is 16.9. The highest BCUT2D eigenvalue weighted by Crippen LogP contribution is 2.25. The Morgan fingerprint density at radius 3 is 2.33 bits per heavy atom. The third kappa shape index (κ3) is 3.68. The van der Waals surface area contributed by atoms with E-state index in [1.807, 2.05) is 42.5 Å². The second kappa shape index (κ2) is 7.02. The number of benzene rings is 2. The van der Waals surface area contributed by atoms with Crippen LogP contribution in [0.4, 0.5) is 17.2 Å². The number of phenols is 1. The summed E-state index contributed by atoms with van der Waals surface area (Å²) >= 11 is 0. The number of aromatic nitrogens is 1. The second-order valence-corrected chi connectivity index (χ2v) is 4.29. The summed E-state index contributed by atoms with van der Waals surface area (Å²) < 4.78 is 0. The lowest BCUT2D eigenvalue weighted by atomic mass is 10.2. The standard InChI is InChI=1S/C15H13N3O.2ClH/c16-11-5-7-12(8-6-11)17-14-9-4-10-2-1-3-13(19)15(10)18-14;;/h1-9,19H,16H2,(H,17,18);2*1H. The van der Waals surface area contributed by atoms with Gasteiger partial charge in [-0.2, -0.15) is 0 Å². The van der Waals surface area contributed by atoms with Gasteiger partial charge in [-0.15, -0.1) is 24.8 Å². The van der Waals surface area contributed by atoms with Crippen molar-refractivity contribution in [1.82, 2.24) is 4.98 Å². The van der Waals surface area contributed by atoms with Crippen molar-refractivity contribution in [1.29, 1.82) is 0 Å². The Kier molecular flexibility index (Phi) is 5.64. The number of hydrogen-bond acceptors (Lipinski definition) is 4. The average Bonchev–Trinajstić information content (AvgIpc) is 2.42. The van der Waals surface area contributed by atoms with Crippen LogP contribution >= 0.6 is 24.8 Å². The number of hydrogen-bond donors (Lipinski definition) is 3. The van der Waals surface area contributed by atoms with Gasteiger partial charge in [-0.3, -0.25) is 0 Å². The van der Waals surface area contributed by atoms with E-state index in [2.05, 4.69) is 10.3 Å². The molecule has 1 heterocycles. The van der Waals surface area contributed by atoms with Crippen LogP contribution in [0.2, 0.25) is 0 Å². The summed E-state index contributed by atoms with van der Waals surface area (Å²) in [6.45, 7) is 0. The molecule has 4 N–H and O–H groups in total. The third-order valence-electron chi connectivity index (χ3n) is 2.88. The van der Waals surface area contributed by atoms with Crippen LogP contribution in [0.5, 0.6) is 5.75 Å². The van der Waals surface area contributed by atoms with Crippen LogP contribution in [0.1, 0.15) is 0 Å². The molecule has 0 radical (unpaired) electrons. The number of rotatable bonds is 2. The number of phenolic OH excluding ortho intramolecular Hbond substituents is 1. The van der Waals surface area contributed by atoms with E-state index < -0.39 is 0 Å². The zero-order valence-electron chi connectivity index (χ0n) is 11.0. The molecule has 3 rings (SSSR count). The topological polar surface area (TPSA) is 71.2 Å². The molecule has 0 fully saturated rings. The van der Waals surface area contributed by atoms with E-state index in [0.29, 0.717) is 11.3 Å². The molecule has 0 aliphatic heterocycles. The zero-order valence-corrected chi connectivity index (χ0v) is 12.6. The normalized spacial score (nSPS) is 9.52. The van der Waals surface area contributed by atoms with Crippen LogP contribution in [0.3, 0.4) is 0 Å². The monoisotopic (exact) mass is 323 g/mol. The highest BCUT2D eigenvalue weighted by molar-refractivity contribution is 5.86. The summed E-state index contributed by atoms with van der Waals surface area (Å²) in [6, 6.07) is 16.5. The Balaban J connectivity index is 0.00000110. The number of nitrogen functional groups attached to an aromatic ring is 1. The van der Waals surface area contributed by atoms with E-state index in [-0.39, 0.29) is 30.6 Å². The average molecular weight is 324 g/mol. The summed E-state index contributed by atoms with van der Waals surface area (Å²) in [7, 11) is 0. The van der Waals surface area contributed by atoms with Gasteiger partial charge >= 0.3 is 0 Å². The lowest BCUT2D eigenvalue weighted by Gasteiger charge is -2.07. The van der Waals surface area contributed by atoms with Crippen LogP contribution < -0.4 is 11.1 Å². The number of para-hydroxylation sites is 1. The van der Waals surface area contributed by atoms with Gasteiger partial charge in [0.25, 0.3) is 0 Å². The summed E-state index contributed by atoms with van der Waals surface area (Å²) in [4.78, 5) is 4.40. The Morgan fingerprint density at radius 1 is 0.905 bits per heavy atom. The second-order valence-electron chi connectivity index (χ2n) is 4.29. The molecule has 0 aliphatic carbocycles. The van der Waals surface area contributed by atoms with E-state index in [1.54, 1.807) is 12.1 Å². The first-order valence-electron chi connectivity index (χ1n) is 5.94. The molecule has 0 amide bonds. The molecule has 21 heavy (non-hydrogen) atoms. The van der Waals surface area contributed by atoms with Crippen LogP contribution in [-0.2, 0) is 0 Å². The van der Waals surface area contributed by atoms with E-state index >= 15 is 0 Å². The molecular weight excluding hydrogens is 309 g/mol. The summed E-state index contributed by atoms with van der Waals surface area (Å²) in [5, 5.41) is 13.9. The number of nitrogens with one attached hydrogen (secondary N) is 1. The maximum absolute atomic E-state index is 9.79. The molecule has 0 atom stereocenters. The maximum Gasteiger partial charge on any atom is 0.141 e. The lowest BCUT2D eigenvalue weighted by molar-refractivity contribution is 0.480. The fourth-order valence-electron chi connectivity index (χ4n) is 1.92. The van der Waals surface area contributed by atoms with Gasteiger partial charge in [0.1, 0.15) is 17.1 Å². The zero-order chi connectivity index (χ0) is 13.2. The van der Waals surface area contributed by atoms with Crippen molar-refractivity contribution >= 4 is 52.9 Å². The minimum Gasteiger partial charge on any atom is -0.506 e. The quantitative estimate of drug-likeness (QED) is 0.620. The van der Waals surface area contributed by atoms with Gasteiger partial charge in [0.15, 0.2) is 0 Å². The molecule has 0 aliphatic rings. The van der Waals surface area contributed by atoms with E-state index in [4.69, 9.17) is 5.73 Å². The molecule has 3 aromatic rings. The van der Waals surface area contributed by atoms with Gasteiger partial charge < -0.3 is 16.2 Å². The Hall–Kier alpha value is -2.17. The molecule has 4 nitrogen and oxygen atoms in total. The van der Waals surface area contributed by atoms with Crippen LogP contribution in [0.25, 0.3) is 10.9 Å². The molecule has 110 valence electrons. The molecule has 0 saturated heterocycles. The number of aromatic hydroxyl groups is 1. The van der Waals surface area contributed by atoms with Crippen molar-refractivity contribution in [2.24, 2.45) is 0 Å². The Bertz CT molecular complexity index is 733. The van der Waals surface area contributed by atoms with Gasteiger partial charge in [-0.1, -0.05) is 12.1 Å². The van der Waals surface area contributed by atoms with Crippen LogP contribution in [0, 0.1) is 0 Å². The first-order valence-corrected chi connectivity index (χ1v) is 5.94. The van der Waals surface area contributed by atoms with Gasteiger partial charge in [-0.05, 0) is 42.5 Å². The SMILES string of the molecule is Cl.Cl.Nc1ccc(Nc2ccc3cccc(O)c3n2)cc1. The summed E-state index contributed by atoms with van der Waals surface area (Å²) in [5.41, 5.74) is 7.84. The number of nitrogens with zero attached hydrogens (tertiary/aromatic N) is 1. The highest BCUT2D eigenvalue weighted by Gasteiger charge is 2.02. The summed E-state index contributed by atoms with van der Waals surface area (Å²) in [5.74, 6) is 0.859. The smallest absolute Gasteiger partial charge is 0.141 e. The molecule has 6 heteroatoms. The fraction of sp³-hybridized carbons (Fsp3) is 0. The maximum atomic E-state index is 9.79. The predicted octanol–water partition coefficient (Wildman–Crippen LogP) is 4.11. The minimum atomic E-state index is 0. The number of halogens is 2. The van der Waals surface area contributed by atoms with Crippen LogP contribution in [0.15, 0.2) is 54.6 Å². The molecule has 0 bridgehead atoms.